The van der Waals surface area contributed by atoms with E-state index in [1.54, 1.807) is 13.0 Å². The number of allylic oxidation sites excluding steroid dienone is 1. The molecule has 1 atom stereocenters. The molecule has 0 aliphatic heterocycles. The highest BCUT2D eigenvalue weighted by atomic mass is 16.5. The summed E-state index contributed by atoms with van der Waals surface area (Å²) in [6, 6.07) is 0. The lowest BCUT2D eigenvalue weighted by atomic mass is 10.4. The van der Waals surface area contributed by atoms with Gasteiger partial charge in [0.2, 0.25) is 0 Å². The van der Waals surface area contributed by atoms with Gasteiger partial charge < -0.3 is 9.84 Å². The van der Waals surface area contributed by atoms with E-state index in [0.29, 0.717) is 6.61 Å². The van der Waals surface area contributed by atoms with Gasteiger partial charge in [0.15, 0.2) is 0 Å². The first kappa shape index (κ1) is 13.3. The molecular weight excluding hydrogens is 140 g/mol. The fourth-order valence-electron chi connectivity index (χ4n) is 0.398. The maximum absolute atomic E-state index is 8.65. The summed E-state index contributed by atoms with van der Waals surface area (Å²) < 4.78 is 4.99. The van der Waals surface area contributed by atoms with E-state index in [1.807, 2.05) is 13.8 Å². The summed E-state index contributed by atoms with van der Waals surface area (Å²) in [5.74, 6) is 0. The van der Waals surface area contributed by atoms with E-state index in [4.69, 9.17) is 9.84 Å². The average molecular weight is 160 g/mol. The van der Waals surface area contributed by atoms with Gasteiger partial charge in [-0.1, -0.05) is 13.0 Å². The molecule has 0 aliphatic carbocycles. The van der Waals surface area contributed by atoms with Crippen LogP contribution in [0, 0.1) is 0 Å². The third-order valence-electron chi connectivity index (χ3n) is 0.708. The van der Waals surface area contributed by atoms with Gasteiger partial charge in [0.1, 0.15) is 0 Å². The third-order valence-corrected chi connectivity index (χ3v) is 0.708. The Bertz CT molecular complexity index is 70.0. The number of aliphatic hydroxyl groups excluding tert-OH is 1. The third kappa shape index (κ3) is 26.1. The van der Waals surface area contributed by atoms with E-state index < -0.39 is 0 Å². The summed E-state index contributed by atoms with van der Waals surface area (Å²) in [5, 5.41) is 8.65. The van der Waals surface area contributed by atoms with Crippen LogP contribution in [0.15, 0.2) is 12.7 Å². The molecule has 1 N–H and O–H groups in total. The minimum atomic E-state index is -0.318. The van der Waals surface area contributed by atoms with E-state index in [-0.39, 0.29) is 6.10 Å². The fraction of sp³-hybridized carbons (Fsp3) is 0.778. The lowest BCUT2D eigenvalue weighted by Gasteiger charge is -2.02. The topological polar surface area (TPSA) is 29.5 Å². The fourth-order valence-corrected chi connectivity index (χ4v) is 0.398. The van der Waals surface area contributed by atoms with Gasteiger partial charge in [0, 0.05) is 6.61 Å². The molecule has 68 valence electrons. The molecule has 0 saturated carbocycles. The molecule has 2 heteroatoms. The van der Waals surface area contributed by atoms with Gasteiger partial charge in [-0.15, -0.1) is 6.58 Å². The van der Waals surface area contributed by atoms with Gasteiger partial charge in [0.25, 0.3) is 0 Å². The second kappa shape index (κ2) is 12.3. The molecule has 0 fully saturated rings. The zero-order valence-electron chi connectivity index (χ0n) is 7.84. The van der Waals surface area contributed by atoms with Crippen molar-refractivity contribution < 1.29 is 9.84 Å². The molecule has 0 bridgehead atoms. The second-order valence-corrected chi connectivity index (χ2v) is 2.33. The predicted molar refractivity (Wildman–Crippen MR) is 48.7 cm³/mol. The van der Waals surface area contributed by atoms with E-state index >= 15 is 0 Å². The van der Waals surface area contributed by atoms with Gasteiger partial charge >= 0.3 is 0 Å². The number of ether oxygens (including phenoxy) is 1. The Labute approximate surface area is 69.9 Å². The van der Waals surface area contributed by atoms with E-state index in [0.717, 1.165) is 13.0 Å². The van der Waals surface area contributed by atoms with Gasteiger partial charge in [-0.2, -0.15) is 0 Å². The molecular formula is C9H20O2. The highest BCUT2D eigenvalue weighted by molar-refractivity contribution is 4.51. The van der Waals surface area contributed by atoms with Crippen molar-refractivity contribution in [1.82, 2.24) is 0 Å². The lowest BCUT2D eigenvalue weighted by Crippen LogP contribution is -2.10. The lowest BCUT2D eigenvalue weighted by molar-refractivity contribution is 0.0466. The molecule has 0 aromatic heterocycles. The number of aliphatic hydroxyl groups is 1. The van der Waals surface area contributed by atoms with Gasteiger partial charge in [-0.25, -0.2) is 0 Å². The van der Waals surface area contributed by atoms with Crippen molar-refractivity contribution in [1.29, 1.82) is 0 Å². The maximum atomic E-state index is 8.65. The molecule has 0 amide bonds. The first-order chi connectivity index (χ1) is 5.18. The average Bonchev–Trinajstić information content (AvgIpc) is 1.89. The molecule has 0 radical (unpaired) electrons. The molecule has 0 aliphatic rings. The smallest absolute Gasteiger partial charge is 0.0745 e. The van der Waals surface area contributed by atoms with Crippen LogP contribution in [0.3, 0.4) is 0 Å². The van der Waals surface area contributed by atoms with Crippen LogP contribution in [0.4, 0.5) is 0 Å². The summed E-state index contributed by atoms with van der Waals surface area (Å²) in [4.78, 5) is 0. The summed E-state index contributed by atoms with van der Waals surface area (Å²) >= 11 is 0. The van der Waals surface area contributed by atoms with Gasteiger partial charge in [-0.3, -0.25) is 0 Å². The van der Waals surface area contributed by atoms with Gasteiger partial charge in [-0.05, 0) is 20.3 Å². The Morgan fingerprint density at radius 3 is 2.36 bits per heavy atom. The molecule has 0 spiro atoms. The Hall–Kier alpha value is -0.340. The van der Waals surface area contributed by atoms with Crippen molar-refractivity contribution in [2.75, 3.05) is 13.2 Å². The largest absolute Gasteiger partial charge is 0.391 e. The highest BCUT2D eigenvalue weighted by Crippen LogP contribution is 1.83. The zero-order valence-corrected chi connectivity index (χ0v) is 7.84. The first-order valence-electron chi connectivity index (χ1n) is 4.01. The summed E-state index contributed by atoms with van der Waals surface area (Å²) in [6.07, 6.45) is 2.45. The predicted octanol–water partition coefficient (Wildman–Crippen LogP) is 1.99. The van der Waals surface area contributed by atoms with Crippen molar-refractivity contribution in [3.63, 3.8) is 0 Å². The van der Waals surface area contributed by atoms with Gasteiger partial charge in [0.05, 0.1) is 12.7 Å². The molecule has 1 unspecified atom stereocenters. The zero-order chi connectivity index (χ0) is 9.11. The van der Waals surface area contributed by atoms with Crippen LogP contribution in [0.5, 0.6) is 0 Å². The van der Waals surface area contributed by atoms with Crippen molar-refractivity contribution in [2.45, 2.75) is 33.3 Å². The molecule has 0 aromatic rings. The van der Waals surface area contributed by atoms with Crippen molar-refractivity contribution in [3.05, 3.63) is 12.7 Å². The number of rotatable bonds is 4. The van der Waals surface area contributed by atoms with Crippen LogP contribution in [0.2, 0.25) is 0 Å². The maximum Gasteiger partial charge on any atom is 0.0745 e. The van der Waals surface area contributed by atoms with Crippen LogP contribution in [-0.2, 0) is 4.74 Å². The SMILES string of the molecule is C=CC.CCCOCC(C)O. The van der Waals surface area contributed by atoms with Crippen molar-refractivity contribution in [3.8, 4) is 0 Å². The molecule has 0 rings (SSSR count). The quantitative estimate of drug-likeness (QED) is 0.503. The van der Waals surface area contributed by atoms with Crippen LogP contribution >= 0.6 is 0 Å². The van der Waals surface area contributed by atoms with Crippen molar-refractivity contribution >= 4 is 0 Å². The highest BCUT2D eigenvalue weighted by Gasteiger charge is 1.91. The van der Waals surface area contributed by atoms with Crippen LogP contribution < -0.4 is 0 Å². The Kier molecular flexibility index (Phi) is 14.9. The molecule has 11 heavy (non-hydrogen) atoms. The Morgan fingerprint density at radius 1 is 1.64 bits per heavy atom. The number of hydrogen-bond donors (Lipinski definition) is 1. The first-order valence-corrected chi connectivity index (χ1v) is 4.01. The minimum Gasteiger partial charge on any atom is -0.391 e. The summed E-state index contributed by atoms with van der Waals surface area (Å²) in [7, 11) is 0. The summed E-state index contributed by atoms with van der Waals surface area (Å²) in [6.45, 7) is 10.2. The van der Waals surface area contributed by atoms with E-state index in [2.05, 4.69) is 6.58 Å². The molecule has 0 saturated heterocycles. The molecule has 2 nitrogen and oxygen atoms in total. The van der Waals surface area contributed by atoms with E-state index in [9.17, 15) is 0 Å². The second-order valence-electron chi connectivity index (χ2n) is 2.33. The van der Waals surface area contributed by atoms with Crippen molar-refractivity contribution in [2.24, 2.45) is 0 Å². The monoisotopic (exact) mass is 160 g/mol. The Balaban J connectivity index is 0. The number of hydrogen-bond acceptors (Lipinski definition) is 2. The molecule has 0 aromatic carbocycles. The van der Waals surface area contributed by atoms with Crippen LogP contribution in [-0.4, -0.2) is 24.4 Å². The minimum absolute atomic E-state index is 0.318. The summed E-state index contributed by atoms with van der Waals surface area (Å²) in [5.41, 5.74) is 0. The standard InChI is InChI=1S/C6H14O2.C3H6/c1-3-4-8-5-6(2)7;1-3-2/h6-7H,3-5H2,1-2H3;3H,1H2,2H3. The normalized spacial score (nSPS) is 11.3. The van der Waals surface area contributed by atoms with E-state index in [1.165, 1.54) is 0 Å². The van der Waals surface area contributed by atoms with Crippen LogP contribution in [0.1, 0.15) is 27.2 Å². The van der Waals surface area contributed by atoms with Crippen LogP contribution in [0.25, 0.3) is 0 Å². The molecule has 0 heterocycles. The Morgan fingerprint density at radius 2 is 2.09 bits per heavy atom.